The molecule has 1 aliphatic rings. The second-order valence-electron chi connectivity index (χ2n) is 8.91. The quantitative estimate of drug-likeness (QED) is 0.446. The third-order valence-electron chi connectivity index (χ3n) is 6.34. The minimum Gasteiger partial charge on any atom is -0.375 e. The van der Waals surface area contributed by atoms with Crippen LogP contribution in [0.5, 0.6) is 0 Å². The van der Waals surface area contributed by atoms with Crippen molar-refractivity contribution in [3.8, 4) is 11.1 Å². The summed E-state index contributed by atoms with van der Waals surface area (Å²) in [7, 11) is 0. The van der Waals surface area contributed by atoms with Gasteiger partial charge >= 0.3 is 0 Å². The Morgan fingerprint density at radius 1 is 0.969 bits per heavy atom. The van der Waals surface area contributed by atoms with E-state index in [1.807, 2.05) is 13.1 Å². The molecule has 3 heteroatoms. The van der Waals surface area contributed by atoms with Gasteiger partial charge in [-0.25, -0.2) is 0 Å². The van der Waals surface area contributed by atoms with E-state index in [0.29, 0.717) is 5.92 Å². The Labute approximate surface area is 192 Å². The Morgan fingerprint density at radius 2 is 1.66 bits per heavy atom. The maximum Gasteiger partial charge on any atom is 0.0381 e. The molecular formula is C29H33N3. The number of hydrogen-bond donors (Lipinski definition) is 1. The van der Waals surface area contributed by atoms with Crippen LogP contribution in [0.25, 0.3) is 11.1 Å². The molecule has 2 aromatic carbocycles. The van der Waals surface area contributed by atoms with Gasteiger partial charge in [-0.3, -0.25) is 4.98 Å². The summed E-state index contributed by atoms with van der Waals surface area (Å²) in [6.07, 6.45) is 5.06. The molecule has 4 rings (SSSR count). The first kappa shape index (κ1) is 21.9. The number of rotatable bonds is 7. The van der Waals surface area contributed by atoms with E-state index in [1.165, 1.54) is 40.8 Å². The maximum atomic E-state index is 4.28. The third-order valence-corrected chi connectivity index (χ3v) is 6.34. The van der Waals surface area contributed by atoms with Crippen molar-refractivity contribution in [2.24, 2.45) is 0 Å². The van der Waals surface area contributed by atoms with E-state index in [0.717, 1.165) is 36.6 Å². The summed E-state index contributed by atoms with van der Waals surface area (Å²) in [5, 5.41) is 3.47. The lowest BCUT2D eigenvalue weighted by Crippen LogP contribution is -2.31. The first-order chi connectivity index (χ1) is 15.5. The highest BCUT2D eigenvalue weighted by Gasteiger charge is 2.20. The molecule has 1 aromatic heterocycles. The van der Waals surface area contributed by atoms with Crippen LogP contribution in [0.2, 0.25) is 0 Å². The van der Waals surface area contributed by atoms with Crippen LogP contribution in [-0.4, -0.2) is 23.0 Å². The van der Waals surface area contributed by atoms with Crippen LogP contribution in [-0.2, 0) is 6.42 Å². The van der Waals surface area contributed by atoms with Crippen molar-refractivity contribution in [1.29, 1.82) is 0 Å². The molecule has 0 saturated carbocycles. The molecule has 0 bridgehead atoms. The number of nitrogens with one attached hydrogen (secondary N) is 1. The van der Waals surface area contributed by atoms with Gasteiger partial charge < -0.3 is 10.2 Å². The molecule has 1 fully saturated rings. The van der Waals surface area contributed by atoms with Gasteiger partial charge in [0.2, 0.25) is 0 Å². The molecule has 0 aliphatic carbocycles. The number of aromatic nitrogens is 1. The Hall–Kier alpha value is -3.33. The number of piperidine rings is 1. The summed E-state index contributed by atoms with van der Waals surface area (Å²) in [5.41, 5.74) is 9.41. The third kappa shape index (κ3) is 5.47. The molecule has 1 saturated heterocycles. The molecule has 1 aliphatic heterocycles. The van der Waals surface area contributed by atoms with Gasteiger partial charge in [-0.15, -0.1) is 0 Å². The maximum absolute atomic E-state index is 4.28. The van der Waals surface area contributed by atoms with E-state index in [2.05, 4.69) is 95.9 Å². The number of pyridine rings is 1. The number of benzene rings is 2. The summed E-state index contributed by atoms with van der Waals surface area (Å²) < 4.78 is 0. The monoisotopic (exact) mass is 423 g/mol. The molecule has 32 heavy (non-hydrogen) atoms. The van der Waals surface area contributed by atoms with Gasteiger partial charge in [-0.05, 0) is 79.1 Å². The van der Waals surface area contributed by atoms with E-state index in [9.17, 15) is 0 Å². The van der Waals surface area contributed by atoms with E-state index in [4.69, 9.17) is 0 Å². The first-order valence-electron chi connectivity index (χ1n) is 11.4. The summed E-state index contributed by atoms with van der Waals surface area (Å²) >= 11 is 0. The van der Waals surface area contributed by atoms with E-state index < -0.39 is 0 Å². The lowest BCUT2D eigenvalue weighted by atomic mass is 9.89. The molecule has 0 atom stereocenters. The van der Waals surface area contributed by atoms with Gasteiger partial charge in [-0.2, -0.15) is 0 Å². The number of likely N-dealkylation sites (tertiary alicyclic amines) is 1. The standard InChI is InChI=1S/C29H33N3/c1-21(2)32-17-14-27(15-18-32)25-9-11-29(12-10-25)31-23(4)19-24-5-7-26(8-6-24)28-13-16-30-22(3)20-28/h5-13,16,20,27,31H,1,4,14-15,17-19H2,2-3H3. The second-order valence-corrected chi connectivity index (χ2v) is 8.91. The van der Waals surface area contributed by atoms with Crippen molar-refractivity contribution in [3.63, 3.8) is 0 Å². The van der Waals surface area contributed by atoms with E-state index >= 15 is 0 Å². The number of nitrogens with zero attached hydrogens (tertiary/aromatic N) is 2. The van der Waals surface area contributed by atoms with Crippen LogP contribution in [0.15, 0.2) is 91.4 Å². The number of aryl methyl sites for hydroxylation is 1. The minimum absolute atomic E-state index is 0.644. The largest absolute Gasteiger partial charge is 0.375 e. The van der Waals surface area contributed by atoms with Gasteiger partial charge in [0.05, 0.1) is 0 Å². The minimum atomic E-state index is 0.644. The Kier molecular flexibility index (Phi) is 6.75. The van der Waals surface area contributed by atoms with Gasteiger partial charge in [0.1, 0.15) is 0 Å². The summed E-state index contributed by atoms with van der Waals surface area (Å²) in [5.74, 6) is 0.644. The van der Waals surface area contributed by atoms with Crippen molar-refractivity contribution in [3.05, 3.63) is 108 Å². The lowest BCUT2D eigenvalue weighted by molar-refractivity contribution is 0.264. The molecule has 0 unspecified atom stereocenters. The summed E-state index contributed by atoms with van der Waals surface area (Å²) in [4.78, 5) is 6.67. The van der Waals surface area contributed by atoms with Gasteiger partial charge in [0.15, 0.2) is 0 Å². The molecule has 0 spiro atoms. The summed E-state index contributed by atoms with van der Waals surface area (Å²) in [6.45, 7) is 14.7. The molecule has 0 amide bonds. The normalized spacial score (nSPS) is 14.2. The van der Waals surface area contributed by atoms with Crippen molar-refractivity contribution in [1.82, 2.24) is 9.88 Å². The van der Waals surface area contributed by atoms with Crippen LogP contribution >= 0.6 is 0 Å². The molecule has 0 radical (unpaired) electrons. The molecule has 3 aromatic rings. The number of allylic oxidation sites excluding steroid dienone is 2. The summed E-state index contributed by atoms with van der Waals surface area (Å²) in [6, 6.07) is 21.8. The highest BCUT2D eigenvalue weighted by Crippen LogP contribution is 2.30. The smallest absolute Gasteiger partial charge is 0.0381 e. The predicted octanol–water partition coefficient (Wildman–Crippen LogP) is 6.94. The average Bonchev–Trinajstić information content (AvgIpc) is 2.80. The van der Waals surface area contributed by atoms with Gasteiger partial charge in [0, 0.05) is 48.5 Å². The first-order valence-corrected chi connectivity index (χ1v) is 11.4. The molecule has 164 valence electrons. The number of hydrogen-bond acceptors (Lipinski definition) is 3. The molecule has 2 heterocycles. The Morgan fingerprint density at radius 3 is 2.28 bits per heavy atom. The van der Waals surface area contributed by atoms with Gasteiger partial charge in [0.25, 0.3) is 0 Å². The van der Waals surface area contributed by atoms with Crippen LogP contribution in [0.4, 0.5) is 5.69 Å². The zero-order chi connectivity index (χ0) is 22.5. The highest BCUT2D eigenvalue weighted by molar-refractivity contribution is 5.63. The fraction of sp³-hybridized carbons (Fsp3) is 0.276. The zero-order valence-corrected chi connectivity index (χ0v) is 19.3. The van der Waals surface area contributed by atoms with Crippen molar-refractivity contribution in [2.45, 2.75) is 39.0 Å². The average molecular weight is 424 g/mol. The van der Waals surface area contributed by atoms with Crippen molar-refractivity contribution < 1.29 is 0 Å². The fourth-order valence-corrected chi connectivity index (χ4v) is 4.47. The Balaban J connectivity index is 1.31. The van der Waals surface area contributed by atoms with E-state index in [-0.39, 0.29) is 0 Å². The predicted molar refractivity (Wildman–Crippen MR) is 136 cm³/mol. The zero-order valence-electron chi connectivity index (χ0n) is 19.3. The van der Waals surface area contributed by atoms with Crippen LogP contribution in [0.1, 0.15) is 42.5 Å². The Bertz CT molecular complexity index is 1070. The molecule has 3 nitrogen and oxygen atoms in total. The van der Waals surface area contributed by atoms with Crippen molar-refractivity contribution in [2.75, 3.05) is 18.4 Å². The lowest BCUT2D eigenvalue weighted by Gasteiger charge is -2.34. The number of anilines is 1. The van der Waals surface area contributed by atoms with Crippen LogP contribution < -0.4 is 5.32 Å². The second kappa shape index (κ2) is 9.86. The van der Waals surface area contributed by atoms with Crippen LogP contribution in [0, 0.1) is 6.92 Å². The highest BCUT2D eigenvalue weighted by atomic mass is 15.1. The SMILES string of the molecule is C=C(Cc1ccc(-c2ccnc(C)c2)cc1)Nc1ccc(C2CCN(C(=C)C)CC2)cc1. The van der Waals surface area contributed by atoms with Gasteiger partial charge in [-0.1, -0.05) is 49.6 Å². The molecular weight excluding hydrogens is 390 g/mol. The molecule has 1 N–H and O–H groups in total. The van der Waals surface area contributed by atoms with Crippen molar-refractivity contribution >= 4 is 5.69 Å². The fourth-order valence-electron chi connectivity index (χ4n) is 4.47. The van der Waals surface area contributed by atoms with Crippen LogP contribution in [0.3, 0.4) is 0 Å². The van der Waals surface area contributed by atoms with E-state index in [1.54, 1.807) is 0 Å². The topological polar surface area (TPSA) is 28.2 Å².